The van der Waals surface area contributed by atoms with Crippen LogP contribution in [0, 0.1) is 0 Å². The Bertz CT molecular complexity index is 398. The normalized spacial score (nSPS) is 21.8. The summed E-state index contributed by atoms with van der Waals surface area (Å²) in [4.78, 5) is 23.9. The highest BCUT2D eigenvalue weighted by Crippen LogP contribution is 2.28. The Kier molecular flexibility index (Phi) is 5.17. The average molecular weight is 279 g/mol. The fraction of sp³-hybridized carbons (Fsp3) is 0.733. The van der Waals surface area contributed by atoms with Gasteiger partial charge in [0.05, 0.1) is 0 Å². The van der Waals surface area contributed by atoms with E-state index in [9.17, 15) is 9.59 Å². The predicted molar refractivity (Wildman–Crippen MR) is 78.2 cm³/mol. The molecule has 0 atom stereocenters. The molecule has 20 heavy (non-hydrogen) atoms. The molecular weight excluding hydrogens is 254 g/mol. The summed E-state index contributed by atoms with van der Waals surface area (Å²) in [5.74, 6) is -0.144. The van der Waals surface area contributed by atoms with Crippen LogP contribution in [0.4, 0.5) is 0 Å². The minimum Gasteiger partial charge on any atom is -0.350 e. The molecule has 0 aromatic heterocycles. The van der Waals surface area contributed by atoms with Crippen molar-refractivity contribution in [2.45, 2.75) is 51.0 Å². The van der Waals surface area contributed by atoms with E-state index in [4.69, 9.17) is 0 Å². The minimum atomic E-state index is -0.683. The number of rotatable bonds is 4. The van der Waals surface area contributed by atoms with Gasteiger partial charge in [0.2, 0.25) is 11.8 Å². The van der Waals surface area contributed by atoms with Crippen LogP contribution >= 0.6 is 0 Å². The van der Waals surface area contributed by atoms with Crippen LogP contribution in [-0.4, -0.2) is 37.0 Å². The number of carbonyl (C=O) groups is 2. The Labute approximate surface area is 120 Å². The van der Waals surface area contributed by atoms with Gasteiger partial charge < -0.3 is 16.0 Å². The van der Waals surface area contributed by atoms with Gasteiger partial charge in [-0.2, -0.15) is 0 Å². The average Bonchev–Trinajstić information content (AvgIpc) is 2.46. The van der Waals surface area contributed by atoms with E-state index in [1.165, 1.54) is 12.5 Å². The molecule has 2 rings (SSSR count). The molecule has 1 heterocycles. The van der Waals surface area contributed by atoms with E-state index in [0.29, 0.717) is 6.54 Å². The summed E-state index contributed by atoms with van der Waals surface area (Å²) in [6.07, 6.45) is 7.76. The van der Waals surface area contributed by atoms with E-state index in [2.05, 4.69) is 22.0 Å². The lowest BCUT2D eigenvalue weighted by atomic mass is 9.80. The largest absolute Gasteiger partial charge is 0.350 e. The molecule has 112 valence electrons. The van der Waals surface area contributed by atoms with Gasteiger partial charge in [-0.15, -0.1) is 0 Å². The Balaban J connectivity index is 1.95. The van der Waals surface area contributed by atoms with Gasteiger partial charge in [-0.25, -0.2) is 0 Å². The van der Waals surface area contributed by atoms with Crippen molar-refractivity contribution < 1.29 is 9.59 Å². The second-order valence-electron chi connectivity index (χ2n) is 5.82. The number of hydrogen-bond acceptors (Lipinski definition) is 3. The van der Waals surface area contributed by atoms with Crippen molar-refractivity contribution in [3.05, 3.63) is 11.6 Å². The molecule has 3 N–H and O–H groups in total. The molecule has 1 aliphatic carbocycles. The fourth-order valence-corrected chi connectivity index (χ4v) is 3.09. The lowest BCUT2D eigenvalue weighted by Gasteiger charge is -2.36. The molecule has 0 bridgehead atoms. The van der Waals surface area contributed by atoms with E-state index in [0.717, 1.165) is 51.6 Å². The number of carbonyl (C=O) groups excluding carboxylic acids is 2. The summed E-state index contributed by atoms with van der Waals surface area (Å²) in [5.41, 5.74) is 0.586. The second kappa shape index (κ2) is 6.88. The second-order valence-corrected chi connectivity index (χ2v) is 5.82. The van der Waals surface area contributed by atoms with E-state index in [1.54, 1.807) is 0 Å². The SMILES string of the molecule is CC(=O)NC1(C(=O)NCC2=CCNCC2)CCCCC1. The maximum Gasteiger partial charge on any atom is 0.246 e. The first-order chi connectivity index (χ1) is 9.62. The van der Waals surface area contributed by atoms with Crippen molar-refractivity contribution >= 4 is 11.8 Å². The Morgan fingerprint density at radius 3 is 2.65 bits per heavy atom. The maximum absolute atomic E-state index is 12.5. The van der Waals surface area contributed by atoms with Gasteiger partial charge in [0, 0.05) is 20.0 Å². The summed E-state index contributed by atoms with van der Waals surface area (Å²) >= 11 is 0. The molecule has 0 unspecified atom stereocenters. The van der Waals surface area contributed by atoms with Gasteiger partial charge in [-0.1, -0.05) is 30.9 Å². The Morgan fingerprint density at radius 2 is 2.05 bits per heavy atom. The molecule has 1 aliphatic heterocycles. The molecule has 5 heteroatoms. The number of hydrogen-bond donors (Lipinski definition) is 3. The lowest BCUT2D eigenvalue weighted by molar-refractivity contribution is -0.134. The summed E-state index contributed by atoms with van der Waals surface area (Å²) in [6.45, 7) is 3.93. The minimum absolute atomic E-state index is 0.0215. The van der Waals surface area contributed by atoms with E-state index in [1.807, 2.05) is 0 Å². The molecule has 0 saturated heterocycles. The third kappa shape index (κ3) is 3.82. The van der Waals surface area contributed by atoms with Crippen LogP contribution in [0.25, 0.3) is 0 Å². The molecule has 5 nitrogen and oxygen atoms in total. The molecule has 0 radical (unpaired) electrons. The summed E-state index contributed by atoms with van der Waals surface area (Å²) in [5, 5.41) is 9.17. The molecule has 1 fully saturated rings. The van der Waals surface area contributed by atoms with Crippen LogP contribution in [0.15, 0.2) is 11.6 Å². The van der Waals surface area contributed by atoms with E-state index < -0.39 is 5.54 Å². The van der Waals surface area contributed by atoms with Crippen molar-refractivity contribution in [3.8, 4) is 0 Å². The van der Waals surface area contributed by atoms with Crippen LogP contribution in [0.1, 0.15) is 45.4 Å². The first-order valence-electron chi connectivity index (χ1n) is 7.58. The van der Waals surface area contributed by atoms with Crippen LogP contribution in [-0.2, 0) is 9.59 Å². The van der Waals surface area contributed by atoms with Gasteiger partial charge in [0.15, 0.2) is 0 Å². The molecular formula is C15H25N3O2. The summed E-state index contributed by atoms with van der Waals surface area (Å²) in [6, 6.07) is 0. The van der Waals surface area contributed by atoms with Crippen molar-refractivity contribution in [1.82, 2.24) is 16.0 Å². The Morgan fingerprint density at radius 1 is 1.30 bits per heavy atom. The zero-order chi connectivity index (χ0) is 14.4. The van der Waals surface area contributed by atoms with Crippen LogP contribution in [0.5, 0.6) is 0 Å². The highest BCUT2D eigenvalue weighted by Gasteiger charge is 2.39. The zero-order valence-electron chi connectivity index (χ0n) is 12.3. The summed E-state index contributed by atoms with van der Waals surface area (Å²) in [7, 11) is 0. The Hall–Kier alpha value is -1.36. The van der Waals surface area contributed by atoms with Crippen LogP contribution in [0.2, 0.25) is 0 Å². The number of nitrogens with one attached hydrogen (secondary N) is 3. The van der Waals surface area contributed by atoms with Crippen molar-refractivity contribution in [1.29, 1.82) is 0 Å². The van der Waals surface area contributed by atoms with Crippen LogP contribution in [0.3, 0.4) is 0 Å². The highest BCUT2D eigenvalue weighted by atomic mass is 16.2. The monoisotopic (exact) mass is 279 g/mol. The third-order valence-electron chi connectivity index (χ3n) is 4.19. The fourth-order valence-electron chi connectivity index (χ4n) is 3.09. The van der Waals surface area contributed by atoms with Gasteiger partial charge in [-0.3, -0.25) is 9.59 Å². The molecule has 0 aromatic carbocycles. The van der Waals surface area contributed by atoms with E-state index in [-0.39, 0.29) is 11.8 Å². The molecule has 0 aromatic rings. The highest BCUT2D eigenvalue weighted by molar-refractivity contribution is 5.91. The lowest BCUT2D eigenvalue weighted by Crippen LogP contribution is -2.59. The maximum atomic E-state index is 12.5. The van der Waals surface area contributed by atoms with Gasteiger partial charge in [0.25, 0.3) is 0 Å². The molecule has 1 saturated carbocycles. The van der Waals surface area contributed by atoms with E-state index >= 15 is 0 Å². The van der Waals surface area contributed by atoms with Crippen molar-refractivity contribution in [2.24, 2.45) is 0 Å². The number of amides is 2. The quantitative estimate of drug-likeness (QED) is 0.669. The third-order valence-corrected chi connectivity index (χ3v) is 4.19. The first-order valence-corrected chi connectivity index (χ1v) is 7.58. The molecule has 2 aliphatic rings. The topological polar surface area (TPSA) is 70.2 Å². The molecule has 0 spiro atoms. The van der Waals surface area contributed by atoms with Gasteiger partial charge in [-0.05, 0) is 25.8 Å². The smallest absolute Gasteiger partial charge is 0.246 e. The standard InChI is InChI=1S/C15H25N3O2/c1-12(19)18-15(7-3-2-4-8-15)14(20)17-11-13-5-9-16-10-6-13/h5,16H,2-4,6-11H2,1H3,(H,17,20)(H,18,19). The van der Waals surface area contributed by atoms with Crippen molar-refractivity contribution in [3.63, 3.8) is 0 Å². The van der Waals surface area contributed by atoms with Gasteiger partial charge >= 0.3 is 0 Å². The first kappa shape index (κ1) is 15.0. The zero-order valence-corrected chi connectivity index (χ0v) is 12.3. The predicted octanol–water partition coefficient (Wildman–Crippen LogP) is 0.861. The molecule has 2 amide bonds. The van der Waals surface area contributed by atoms with Gasteiger partial charge in [0.1, 0.15) is 5.54 Å². The van der Waals surface area contributed by atoms with Crippen molar-refractivity contribution in [2.75, 3.05) is 19.6 Å². The summed E-state index contributed by atoms with van der Waals surface area (Å²) < 4.78 is 0. The van der Waals surface area contributed by atoms with Crippen LogP contribution < -0.4 is 16.0 Å².